The van der Waals surface area contributed by atoms with Gasteiger partial charge >= 0.3 is 0 Å². The maximum absolute atomic E-state index is 6.04. The summed E-state index contributed by atoms with van der Waals surface area (Å²) in [4.78, 5) is 0. The van der Waals surface area contributed by atoms with Gasteiger partial charge in [-0.3, -0.25) is 0 Å². The molecule has 0 N–H and O–H groups in total. The van der Waals surface area contributed by atoms with Crippen LogP contribution in [0.3, 0.4) is 0 Å². The lowest BCUT2D eigenvalue weighted by molar-refractivity contribution is 0.365. The van der Waals surface area contributed by atoms with Gasteiger partial charge in [-0.15, -0.1) is 21.8 Å². The molecule has 0 radical (unpaired) electrons. The molecule has 1 aromatic carbocycles. The topological polar surface area (TPSA) is 30.7 Å². The fourth-order valence-corrected chi connectivity index (χ4v) is 3.11. The molecule has 0 amide bonds. The molecule has 1 fully saturated rings. The van der Waals surface area contributed by atoms with Crippen LogP contribution in [-0.2, 0) is 16.8 Å². The molecule has 0 atom stereocenters. The average molecular weight is 290 g/mol. The average Bonchev–Trinajstić information content (AvgIpc) is 3.11. The first-order valence-corrected chi connectivity index (χ1v) is 7.59. The minimum Gasteiger partial charge on any atom is -0.308 e. The zero-order valence-corrected chi connectivity index (χ0v) is 13.0. The van der Waals surface area contributed by atoms with Crippen LogP contribution in [-0.4, -0.2) is 14.8 Å². The Morgan fingerprint density at radius 3 is 2.30 bits per heavy atom. The van der Waals surface area contributed by atoms with E-state index in [1.54, 1.807) is 0 Å². The van der Waals surface area contributed by atoms with Gasteiger partial charge < -0.3 is 4.57 Å². The summed E-state index contributed by atoms with van der Waals surface area (Å²) in [5.74, 6) is 2.32. The summed E-state index contributed by atoms with van der Waals surface area (Å²) in [6.45, 7) is 6.53. The van der Waals surface area contributed by atoms with Crippen LogP contribution in [0, 0.1) is 0 Å². The molecule has 3 rings (SSSR count). The summed E-state index contributed by atoms with van der Waals surface area (Å²) in [6, 6.07) is 10.6. The van der Waals surface area contributed by atoms with Crippen molar-refractivity contribution in [2.75, 3.05) is 0 Å². The SMILES string of the molecule is CC(C)(C)n1c(CCl)nnc1C1(c2ccccc2)CC1. The van der Waals surface area contributed by atoms with E-state index in [0.29, 0.717) is 5.88 Å². The molecule has 1 aromatic heterocycles. The van der Waals surface area contributed by atoms with Crippen molar-refractivity contribution in [2.24, 2.45) is 0 Å². The molecule has 1 heterocycles. The highest BCUT2D eigenvalue weighted by Gasteiger charge is 2.51. The van der Waals surface area contributed by atoms with Crippen LogP contribution in [0.2, 0.25) is 0 Å². The second-order valence-electron chi connectivity index (χ2n) is 6.53. The Hall–Kier alpha value is -1.35. The molecule has 0 unspecified atom stereocenters. The zero-order valence-electron chi connectivity index (χ0n) is 12.2. The van der Waals surface area contributed by atoms with Crippen molar-refractivity contribution in [2.45, 2.75) is 50.4 Å². The first-order valence-electron chi connectivity index (χ1n) is 7.06. The number of halogens is 1. The zero-order chi connectivity index (χ0) is 14.4. The maximum Gasteiger partial charge on any atom is 0.148 e. The second-order valence-corrected chi connectivity index (χ2v) is 6.80. The third-order valence-electron chi connectivity index (χ3n) is 4.02. The minimum absolute atomic E-state index is 0.0336. The number of rotatable bonds is 3. The summed E-state index contributed by atoms with van der Waals surface area (Å²) in [5, 5.41) is 8.81. The Morgan fingerprint density at radius 1 is 1.15 bits per heavy atom. The summed E-state index contributed by atoms with van der Waals surface area (Å²) < 4.78 is 2.22. The molecular weight excluding hydrogens is 270 g/mol. The number of alkyl halides is 1. The van der Waals surface area contributed by atoms with Crippen LogP contribution >= 0.6 is 11.6 Å². The second kappa shape index (κ2) is 4.59. The van der Waals surface area contributed by atoms with Crippen molar-refractivity contribution < 1.29 is 0 Å². The van der Waals surface area contributed by atoms with Crippen molar-refractivity contribution in [1.29, 1.82) is 0 Å². The Morgan fingerprint density at radius 2 is 1.80 bits per heavy atom. The smallest absolute Gasteiger partial charge is 0.148 e. The lowest BCUT2D eigenvalue weighted by Gasteiger charge is -2.27. The van der Waals surface area contributed by atoms with Gasteiger partial charge in [-0.25, -0.2) is 0 Å². The summed E-state index contributed by atoms with van der Waals surface area (Å²) >= 11 is 6.04. The first-order chi connectivity index (χ1) is 9.49. The number of nitrogens with zero attached hydrogens (tertiary/aromatic N) is 3. The van der Waals surface area contributed by atoms with Gasteiger partial charge in [-0.05, 0) is 39.2 Å². The van der Waals surface area contributed by atoms with E-state index < -0.39 is 0 Å². The predicted molar refractivity (Wildman–Crippen MR) is 81.0 cm³/mol. The summed E-state index contributed by atoms with van der Waals surface area (Å²) in [6.07, 6.45) is 2.26. The van der Waals surface area contributed by atoms with Crippen molar-refractivity contribution in [1.82, 2.24) is 14.8 Å². The molecule has 0 spiro atoms. The normalized spacial score (nSPS) is 17.2. The quantitative estimate of drug-likeness (QED) is 0.804. The van der Waals surface area contributed by atoms with Gasteiger partial charge in [0, 0.05) is 5.54 Å². The number of hydrogen-bond acceptors (Lipinski definition) is 2. The molecule has 0 saturated heterocycles. The van der Waals surface area contributed by atoms with E-state index in [4.69, 9.17) is 11.6 Å². The molecule has 0 aliphatic heterocycles. The standard InChI is InChI=1S/C16H20ClN3/c1-15(2,3)20-13(11-17)18-19-14(20)16(9-10-16)12-7-5-4-6-8-12/h4-8H,9-11H2,1-3H3. The third kappa shape index (κ3) is 2.05. The van der Waals surface area contributed by atoms with E-state index in [9.17, 15) is 0 Å². The fourth-order valence-electron chi connectivity index (χ4n) is 2.94. The summed E-state index contributed by atoms with van der Waals surface area (Å²) in [5.41, 5.74) is 1.30. The molecular formula is C16H20ClN3. The van der Waals surface area contributed by atoms with Crippen molar-refractivity contribution in [3.8, 4) is 0 Å². The van der Waals surface area contributed by atoms with Crippen molar-refractivity contribution >= 4 is 11.6 Å². The van der Waals surface area contributed by atoms with E-state index in [1.165, 1.54) is 5.56 Å². The number of aromatic nitrogens is 3. The van der Waals surface area contributed by atoms with Gasteiger partial charge in [0.2, 0.25) is 0 Å². The molecule has 106 valence electrons. The lowest BCUT2D eigenvalue weighted by Crippen LogP contribution is -2.29. The molecule has 0 bridgehead atoms. The highest BCUT2D eigenvalue weighted by atomic mass is 35.5. The van der Waals surface area contributed by atoms with E-state index >= 15 is 0 Å². The van der Waals surface area contributed by atoms with Crippen LogP contribution in [0.25, 0.3) is 0 Å². The van der Waals surface area contributed by atoms with Gasteiger partial charge in [0.05, 0.1) is 11.3 Å². The molecule has 1 saturated carbocycles. The monoisotopic (exact) mass is 289 g/mol. The molecule has 1 aliphatic carbocycles. The minimum atomic E-state index is -0.0621. The maximum atomic E-state index is 6.04. The van der Waals surface area contributed by atoms with Gasteiger partial charge in [-0.1, -0.05) is 30.3 Å². The van der Waals surface area contributed by atoms with E-state index in [-0.39, 0.29) is 11.0 Å². The Bertz CT molecular complexity index is 606. The van der Waals surface area contributed by atoms with Crippen molar-refractivity contribution in [3.63, 3.8) is 0 Å². The highest BCUT2D eigenvalue weighted by molar-refractivity contribution is 6.16. The molecule has 4 heteroatoms. The Labute approximate surface area is 125 Å². The largest absolute Gasteiger partial charge is 0.308 e. The van der Waals surface area contributed by atoms with Crippen LogP contribution in [0.1, 0.15) is 50.8 Å². The van der Waals surface area contributed by atoms with E-state index in [1.807, 2.05) is 0 Å². The predicted octanol–water partition coefficient (Wildman–Crippen LogP) is 3.85. The fraction of sp³-hybridized carbons (Fsp3) is 0.500. The van der Waals surface area contributed by atoms with Crippen molar-refractivity contribution in [3.05, 3.63) is 47.5 Å². The van der Waals surface area contributed by atoms with E-state index in [2.05, 4.69) is 65.9 Å². The van der Waals surface area contributed by atoms with Gasteiger partial charge in [0.25, 0.3) is 0 Å². The van der Waals surface area contributed by atoms with E-state index in [0.717, 1.165) is 24.5 Å². The Kier molecular flexibility index (Phi) is 3.13. The lowest BCUT2D eigenvalue weighted by atomic mass is 9.93. The van der Waals surface area contributed by atoms with Crippen LogP contribution < -0.4 is 0 Å². The van der Waals surface area contributed by atoms with Gasteiger partial charge in [-0.2, -0.15) is 0 Å². The molecule has 2 aromatic rings. The first kappa shape index (κ1) is 13.6. The Balaban J connectivity index is 2.14. The number of hydrogen-bond donors (Lipinski definition) is 0. The van der Waals surface area contributed by atoms with Crippen LogP contribution in [0.15, 0.2) is 30.3 Å². The number of benzene rings is 1. The van der Waals surface area contributed by atoms with Gasteiger partial charge in [0.1, 0.15) is 11.6 Å². The van der Waals surface area contributed by atoms with Gasteiger partial charge in [0.15, 0.2) is 0 Å². The van der Waals surface area contributed by atoms with Crippen LogP contribution in [0.4, 0.5) is 0 Å². The molecule has 3 nitrogen and oxygen atoms in total. The molecule has 20 heavy (non-hydrogen) atoms. The van der Waals surface area contributed by atoms with Crippen LogP contribution in [0.5, 0.6) is 0 Å². The molecule has 1 aliphatic rings. The highest BCUT2D eigenvalue weighted by Crippen LogP contribution is 2.53. The summed E-state index contributed by atoms with van der Waals surface area (Å²) in [7, 11) is 0. The third-order valence-corrected chi connectivity index (χ3v) is 4.26.